The van der Waals surface area contributed by atoms with Gasteiger partial charge in [0, 0.05) is 5.56 Å². The minimum atomic E-state index is -0.954. The van der Waals surface area contributed by atoms with Crippen molar-refractivity contribution in [3.63, 3.8) is 0 Å². The first kappa shape index (κ1) is 18.1. The van der Waals surface area contributed by atoms with Gasteiger partial charge in [-0.05, 0) is 30.9 Å². The molecule has 2 rings (SSSR count). The summed E-state index contributed by atoms with van der Waals surface area (Å²) in [5, 5.41) is 11.0. The Morgan fingerprint density at radius 1 is 1.09 bits per heavy atom. The van der Waals surface area contributed by atoms with E-state index >= 15 is 0 Å². The lowest BCUT2D eigenvalue weighted by atomic mass is 9.84. The molecule has 1 N–H and O–H groups in total. The number of carbonyl (C=O) groups is 2. The fourth-order valence-electron chi connectivity index (χ4n) is 1.71. The van der Waals surface area contributed by atoms with E-state index in [-0.39, 0.29) is 5.78 Å². The zero-order valence-corrected chi connectivity index (χ0v) is 14.2. The Balaban J connectivity index is 0.000000745. The highest BCUT2D eigenvalue weighted by molar-refractivity contribution is 7.12. The Bertz CT molecular complexity index is 610. The molecule has 2 aromatic rings. The molecule has 1 aromatic carbocycles. The van der Waals surface area contributed by atoms with Crippen LogP contribution in [0.3, 0.4) is 0 Å². The van der Waals surface area contributed by atoms with Crippen molar-refractivity contribution >= 4 is 23.1 Å². The molecule has 4 heteroatoms. The van der Waals surface area contributed by atoms with Crippen LogP contribution < -0.4 is 0 Å². The number of hydrogen-bond donors (Lipinski definition) is 1. The Labute approximate surface area is 135 Å². The van der Waals surface area contributed by atoms with Crippen LogP contribution >= 0.6 is 11.3 Å². The molecule has 0 unspecified atom stereocenters. The van der Waals surface area contributed by atoms with E-state index in [1.165, 1.54) is 17.8 Å². The van der Waals surface area contributed by atoms with Crippen LogP contribution in [0.4, 0.5) is 0 Å². The first-order valence-electron chi connectivity index (χ1n) is 7.26. The van der Waals surface area contributed by atoms with Crippen LogP contribution in [0.2, 0.25) is 0 Å². The molecule has 0 aliphatic carbocycles. The molecule has 0 spiro atoms. The second kappa shape index (κ2) is 7.90. The third kappa shape index (κ3) is 4.28. The maximum absolute atomic E-state index is 12.1. The van der Waals surface area contributed by atoms with Crippen LogP contribution in [0, 0.1) is 0 Å². The topological polar surface area (TPSA) is 54.4 Å². The van der Waals surface area contributed by atoms with Crippen LogP contribution in [0.25, 0.3) is 0 Å². The maximum Gasteiger partial charge on any atom is 0.313 e. The zero-order chi connectivity index (χ0) is 16.8. The molecule has 3 nitrogen and oxygen atoms in total. The third-order valence-corrected chi connectivity index (χ3v) is 4.02. The van der Waals surface area contributed by atoms with E-state index in [4.69, 9.17) is 5.11 Å². The normalized spacial score (nSPS) is 10.5. The molecule has 22 heavy (non-hydrogen) atoms. The number of carboxylic acids is 1. The lowest BCUT2D eigenvalue weighted by Gasteiger charge is -2.19. The third-order valence-electron chi connectivity index (χ3n) is 3.15. The van der Waals surface area contributed by atoms with Crippen LogP contribution in [-0.4, -0.2) is 16.9 Å². The summed E-state index contributed by atoms with van der Waals surface area (Å²) in [6.45, 7) is 7.54. The minimum absolute atomic E-state index is 0.0327. The summed E-state index contributed by atoms with van der Waals surface area (Å²) in [4.78, 5) is 23.9. The summed E-state index contributed by atoms with van der Waals surface area (Å²) in [6.07, 6.45) is 1.25. The molecule has 0 atom stereocenters. The molecule has 0 bridgehead atoms. The number of benzene rings is 1. The van der Waals surface area contributed by atoms with Crippen molar-refractivity contribution in [3.05, 3.63) is 57.8 Å². The highest BCUT2D eigenvalue weighted by Gasteiger charge is 2.29. The Morgan fingerprint density at radius 2 is 1.64 bits per heavy atom. The van der Waals surface area contributed by atoms with Crippen molar-refractivity contribution in [2.75, 3.05) is 0 Å². The standard InChI is InChI=1S/C15H14O3S.C3H8/c1-15(2,14(17)18)11-7-5-10(6-8-11)13(16)12-4-3-9-19-12;1-3-2/h3-9H,1-2H3,(H,17,18);3H2,1-2H3. The smallest absolute Gasteiger partial charge is 0.313 e. The van der Waals surface area contributed by atoms with E-state index in [2.05, 4.69) is 13.8 Å². The van der Waals surface area contributed by atoms with Gasteiger partial charge in [-0.2, -0.15) is 0 Å². The molecule has 0 amide bonds. The fraction of sp³-hybridized carbons (Fsp3) is 0.333. The highest BCUT2D eigenvalue weighted by Crippen LogP contribution is 2.24. The lowest BCUT2D eigenvalue weighted by molar-refractivity contribution is -0.142. The molecule has 1 aromatic heterocycles. The summed E-state index contributed by atoms with van der Waals surface area (Å²) in [5.41, 5.74) is 0.306. The Hall–Kier alpha value is -1.94. The summed E-state index contributed by atoms with van der Waals surface area (Å²) in [7, 11) is 0. The molecule has 0 saturated heterocycles. The molecule has 1 heterocycles. The first-order chi connectivity index (χ1) is 10.3. The number of rotatable bonds is 4. The predicted molar refractivity (Wildman–Crippen MR) is 90.8 cm³/mol. The molecule has 0 aliphatic rings. The van der Waals surface area contributed by atoms with Crippen LogP contribution in [0.15, 0.2) is 41.8 Å². The number of aliphatic carboxylic acids is 1. The van der Waals surface area contributed by atoms with Gasteiger partial charge in [0.15, 0.2) is 0 Å². The van der Waals surface area contributed by atoms with Gasteiger partial charge in [0.2, 0.25) is 5.78 Å². The van der Waals surface area contributed by atoms with Gasteiger partial charge in [0.25, 0.3) is 0 Å². The summed E-state index contributed by atoms with van der Waals surface area (Å²) in [6, 6.07) is 10.4. The summed E-state index contributed by atoms with van der Waals surface area (Å²) in [5.74, 6) is -0.917. The van der Waals surface area contributed by atoms with Gasteiger partial charge in [0.05, 0.1) is 10.3 Å². The highest BCUT2D eigenvalue weighted by atomic mass is 32.1. The second-order valence-corrected chi connectivity index (χ2v) is 6.47. The van der Waals surface area contributed by atoms with Crippen LogP contribution in [-0.2, 0) is 10.2 Å². The number of hydrogen-bond acceptors (Lipinski definition) is 3. The number of ketones is 1. The molecule has 0 radical (unpaired) electrons. The van der Waals surface area contributed by atoms with E-state index in [0.717, 1.165) is 0 Å². The molecule has 0 fully saturated rings. The van der Waals surface area contributed by atoms with E-state index in [1.807, 2.05) is 11.4 Å². The molecule has 0 saturated carbocycles. The van der Waals surface area contributed by atoms with Gasteiger partial charge in [-0.3, -0.25) is 9.59 Å². The molecule has 118 valence electrons. The monoisotopic (exact) mass is 318 g/mol. The van der Waals surface area contributed by atoms with Crippen molar-refractivity contribution in [1.29, 1.82) is 0 Å². The van der Waals surface area contributed by atoms with Crippen molar-refractivity contribution in [2.24, 2.45) is 0 Å². The van der Waals surface area contributed by atoms with Crippen molar-refractivity contribution < 1.29 is 14.7 Å². The van der Waals surface area contributed by atoms with Gasteiger partial charge in [0.1, 0.15) is 0 Å². The average molecular weight is 318 g/mol. The van der Waals surface area contributed by atoms with Gasteiger partial charge < -0.3 is 5.11 Å². The van der Waals surface area contributed by atoms with Crippen LogP contribution in [0.1, 0.15) is 54.9 Å². The van der Waals surface area contributed by atoms with Gasteiger partial charge in [-0.1, -0.05) is 50.6 Å². The summed E-state index contributed by atoms with van der Waals surface area (Å²) < 4.78 is 0. The van der Waals surface area contributed by atoms with Crippen LogP contribution in [0.5, 0.6) is 0 Å². The molecular formula is C18H22O3S. The quantitative estimate of drug-likeness (QED) is 0.827. The van der Waals surface area contributed by atoms with Crippen molar-refractivity contribution in [1.82, 2.24) is 0 Å². The molecular weight excluding hydrogens is 296 g/mol. The number of carboxylic acid groups (broad SMARTS) is 1. The minimum Gasteiger partial charge on any atom is -0.481 e. The number of carbonyl (C=O) groups excluding carboxylic acids is 1. The van der Waals surface area contributed by atoms with Crippen molar-refractivity contribution in [2.45, 2.75) is 39.5 Å². The summed E-state index contributed by atoms with van der Waals surface area (Å²) >= 11 is 1.40. The Morgan fingerprint density at radius 3 is 2.05 bits per heavy atom. The predicted octanol–water partition coefficient (Wildman–Crippen LogP) is 4.76. The zero-order valence-electron chi connectivity index (χ0n) is 13.4. The van der Waals surface area contributed by atoms with Crippen molar-refractivity contribution in [3.8, 4) is 0 Å². The van der Waals surface area contributed by atoms with Gasteiger partial charge >= 0.3 is 5.97 Å². The van der Waals surface area contributed by atoms with Gasteiger partial charge in [-0.25, -0.2) is 0 Å². The lowest BCUT2D eigenvalue weighted by Crippen LogP contribution is -2.28. The SMILES string of the molecule is CC(C)(C(=O)O)c1ccc(C(=O)c2cccs2)cc1.CCC. The fourth-order valence-corrected chi connectivity index (χ4v) is 2.40. The van der Waals surface area contributed by atoms with Gasteiger partial charge in [-0.15, -0.1) is 11.3 Å². The Kier molecular flexibility index (Phi) is 6.50. The van der Waals surface area contributed by atoms with E-state index in [9.17, 15) is 9.59 Å². The maximum atomic E-state index is 12.1. The molecule has 0 aliphatic heterocycles. The van der Waals surface area contributed by atoms with E-state index in [0.29, 0.717) is 16.0 Å². The first-order valence-corrected chi connectivity index (χ1v) is 8.14. The van der Waals surface area contributed by atoms with E-state index in [1.54, 1.807) is 44.2 Å². The number of thiophene rings is 1. The average Bonchev–Trinajstić information content (AvgIpc) is 3.01. The van der Waals surface area contributed by atoms with E-state index < -0.39 is 11.4 Å². The largest absolute Gasteiger partial charge is 0.481 e. The second-order valence-electron chi connectivity index (χ2n) is 5.52.